The summed E-state index contributed by atoms with van der Waals surface area (Å²) in [5, 5.41) is 0. The maximum absolute atomic E-state index is 4.82. The lowest BCUT2D eigenvalue weighted by Crippen LogP contribution is -2.30. The molecule has 0 N–H and O–H groups in total. The Morgan fingerprint density at radius 2 is 1.84 bits per heavy atom. The number of hydrogen-bond acceptors (Lipinski definition) is 3. The fourth-order valence-corrected chi connectivity index (χ4v) is 3.07. The molecular formula is C16H23N3. The highest BCUT2D eigenvalue weighted by molar-refractivity contribution is 6.01. The Bertz CT molecular complexity index is 473. The first-order valence-electron chi connectivity index (χ1n) is 7.61. The molecule has 102 valence electrons. The molecule has 1 saturated heterocycles. The second-order valence-electron chi connectivity index (χ2n) is 5.64. The second-order valence-corrected chi connectivity index (χ2v) is 5.64. The molecule has 1 fully saturated rings. The summed E-state index contributed by atoms with van der Waals surface area (Å²) in [5.41, 5.74) is 3.67. The molecule has 0 amide bonds. The number of anilines is 1. The molecule has 1 aromatic heterocycles. The van der Waals surface area contributed by atoms with Gasteiger partial charge in [-0.1, -0.05) is 0 Å². The van der Waals surface area contributed by atoms with E-state index in [1.807, 2.05) is 0 Å². The molecule has 2 aliphatic rings. The predicted molar refractivity (Wildman–Crippen MR) is 80.3 cm³/mol. The maximum atomic E-state index is 4.82. The van der Waals surface area contributed by atoms with Crippen molar-refractivity contribution >= 4 is 11.5 Å². The Morgan fingerprint density at radius 3 is 2.53 bits per heavy atom. The molecule has 0 radical (unpaired) electrons. The van der Waals surface area contributed by atoms with Crippen LogP contribution >= 0.6 is 0 Å². The number of nitrogens with zero attached hydrogens (tertiary/aromatic N) is 3. The number of aromatic nitrogens is 1. The van der Waals surface area contributed by atoms with Gasteiger partial charge < -0.3 is 4.90 Å². The fraction of sp³-hybridized carbons (Fsp3) is 0.625. The third kappa shape index (κ3) is 2.80. The number of aliphatic imine (C=N–C) groups is 1. The molecule has 3 heterocycles. The van der Waals surface area contributed by atoms with Gasteiger partial charge in [0.1, 0.15) is 5.82 Å². The average Bonchev–Trinajstić information content (AvgIpc) is 2.49. The van der Waals surface area contributed by atoms with Gasteiger partial charge >= 0.3 is 0 Å². The normalized spacial score (nSPS) is 20.3. The molecule has 1 aromatic rings. The van der Waals surface area contributed by atoms with Gasteiger partial charge in [0.05, 0.1) is 0 Å². The molecule has 19 heavy (non-hydrogen) atoms. The van der Waals surface area contributed by atoms with Crippen molar-refractivity contribution in [2.45, 2.75) is 45.4 Å². The van der Waals surface area contributed by atoms with Gasteiger partial charge in [0.25, 0.3) is 0 Å². The van der Waals surface area contributed by atoms with E-state index < -0.39 is 0 Å². The van der Waals surface area contributed by atoms with Crippen LogP contribution in [0.4, 0.5) is 5.82 Å². The SMILES string of the molecule is Cc1nc(N2CCCCC2)ccc1C1=NCCCC1. The van der Waals surface area contributed by atoms with Crippen LogP contribution in [0.5, 0.6) is 0 Å². The zero-order valence-electron chi connectivity index (χ0n) is 11.9. The molecule has 3 heteroatoms. The van der Waals surface area contributed by atoms with Gasteiger partial charge in [0.15, 0.2) is 0 Å². The largest absolute Gasteiger partial charge is 0.357 e. The van der Waals surface area contributed by atoms with Gasteiger partial charge in [-0.3, -0.25) is 4.99 Å². The van der Waals surface area contributed by atoms with Crippen molar-refractivity contribution in [1.29, 1.82) is 0 Å². The minimum Gasteiger partial charge on any atom is -0.357 e. The third-order valence-corrected chi connectivity index (χ3v) is 4.19. The quantitative estimate of drug-likeness (QED) is 0.813. The Balaban J connectivity index is 1.82. The highest BCUT2D eigenvalue weighted by atomic mass is 15.2. The van der Waals surface area contributed by atoms with Crippen LogP contribution in [0.1, 0.15) is 49.8 Å². The second kappa shape index (κ2) is 5.72. The molecule has 0 bridgehead atoms. The summed E-state index contributed by atoms with van der Waals surface area (Å²) in [4.78, 5) is 11.9. The average molecular weight is 257 g/mol. The van der Waals surface area contributed by atoms with Gasteiger partial charge in [0, 0.05) is 36.6 Å². The third-order valence-electron chi connectivity index (χ3n) is 4.19. The van der Waals surface area contributed by atoms with Crippen molar-refractivity contribution in [2.75, 3.05) is 24.5 Å². The van der Waals surface area contributed by atoms with Crippen molar-refractivity contribution in [2.24, 2.45) is 4.99 Å². The zero-order valence-corrected chi connectivity index (χ0v) is 11.9. The van der Waals surface area contributed by atoms with E-state index >= 15 is 0 Å². The maximum Gasteiger partial charge on any atom is 0.128 e. The van der Waals surface area contributed by atoms with Crippen LogP contribution < -0.4 is 4.90 Å². The number of piperidine rings is 1. The lowest BCUT2D eigenvalue weighted by molar-refractivity contribution is 0.573. The van der Waals surface area contributed by atoms with Crippen LogP contribution in [0.3, 0.4) is 0 Å². The Labute approximate surface area is 115 Å². The van der Waals surface area contributed by atoms with Gasteiger partial charge in [0.2, 0.25) is 0 Å². The first-order chi connectivity index (χ1) is 9.34. The Kier molecular flexibility index (Phi) is 3.81. The van der Waals surface area contributed by atoms with Crippen LogP contribution in [-0.2, 0) is 0 Å². The summed E-state index contributed by atoms with van der Waals surface area (Å²) in [5.74, 6) is 1.15. The fourth-order valence-electron chi connectivity index (χ4n) is 3.07. The van der Waals surface area contributed by atoms with Crippen LogP contribution in [0, 0.1) is 6.92 Å². The van der Waals surface area contributed by atoms with E-state index in [9.17, 15) is 0 Å². The Morgan fingerprint density at radius 1 is 1.00 bits per heavy atom. The molecule has 3 rings (SSSR count). The molecule has 0 aromatic carbocycles. The van der Waals surface area contributed by atoms with Gasteiger partial charge in [-0.15, -0.1) is 0 Å². The van der Waals surface area contributed by atoms with Gasteiger partial charge in [-0.2, -0.15) is 0 Å². The van der Waals surface area contributed by atoms with E-state index in [1.54, 1.807) is 0 Å². The van der Waals surface area contributed by atoms with Gasteiger partial charge in [-0.25, -0.2) is 4.98 Å². The molecular weight excluding hydrogens is 234 g/mol. The minimum absolute atomic E-state index is 0.989. The molecule has 0 spiro atoms. The zero-order chi connectivity index (χ0) is 13.1. The summed E-state index contributed by atoms with van der Waals surface area (Å²) < 4.78 is 0. The molecule has 0 atom stereocenters. The summed E-state index contributed by atoms with van der Waals surface area (Å²) >= 11 is 0. The van der Waals surface area contributed by atoms with Gasteiger partial charge in [-0.05, 0) is 57.6 Å². The van der Waals surface area contributed by atoms with E-state index in [-0.39, 0.29) is 0 Å². The minimum atomic E-state index is 0.989. The lowest BCUT2D eigenvalue weighted by atomic mass is 10.0. The topological polar surface area (TPSA) is 28.5 Å². The van der Waals surface area contributed by atoms with Crippen molar-refractivity contribution in [3.63, 3.8) is 0 Å². The summed E-state index contributed by atoms with van der Waals surface area (Å²) in [6.45, 7) is 5.43. The number of hydrogen-bond donors (Lipinski definition) is 0. The molecule has 2 aliphatic heterocycles. The van der Waals surface area contributed by atoms with E-state index in [4.69, 9.17) is 4.98 Å². The summed E-state index contributed by atoms with van der Waals surface area (Å²) in [6, 6.07) is 4.42. The van der Waals surface area contributed by atoms with Crippen LogP contribution in [0.2, 0.25) is 0 Å². The lowest BCUT2D eigenvalue weighted by Gasteiger charge is -2.28. The number of rotatable bonds is 2. The molecule has 0 aliphatic carbocycles. The number of aryl methyl sites for hydroxylation is 1. The predicted octanol–water partition coefficient (Wildman–Crippen LogP) is 3.35. The number of pyridine rings is 1. The molecule has 0 saturated carbocycles. The van der Waals surface area contributed by atoms with Crippen LogP contribution in [-0.4, -0.2) is 30.3 Å². The first kappa shape index (κ1) is 12.6. The van der Waals surface area contributed by atoms with E-state index in [0.717, 1.165) is 37.6 Å². The van der Waals surface area contributed by atoms with Crippen molar-refractivity contribution in [3.8, 4) is 0 Å². The smallest absolute Gasteiger partial charge is 0.128 e. The van der Waals surface area contributed by atoms with E-state index in [2.05, 4.69) is 28.9 Å². The monoisotopic (exact) mass is 257 g/mol. The van der Waals surface area contributed by atoms with Crippen molar-refractivity contribution < 1.29 is 0 Å². The highest BCUT2D eigenvalue weighted by Crippen LogP contribution is 2.22. The van der Waals surface area contributed by atoms with Crippen molar-refractivity contribution in [3.05, 3.63) is 23.4 Å². The van der Waals surface area contributed by atoms with E-state index in [0.29, 0.717) is 0 Å². The van der Waals surface area contributed by atoms with E-state index in [1.165, 1.54) is 43.4 Å². The summed E-state index contributed by atoms with van der Waals surface area (Å²) in [6.07, 6.45) is 7.59. The standard InChI is InChI=1S/C16H23N3/c1-13-14(15-7-3-4-10-17-15)8-9-16(18-13)19-11-5-2-6-12-19/h8-9H,2-7,10-12H2,1H3. The van der Waals surface area contributed by atoms with Crippen LogP contribution in [0.15, 0.2) is 17.1 Å². The molecule has 3 nitrogen and oxygen atoms in total. The Hall–Kier alpha value is -1.38. The molecule has 0 unspecified atom stereocenters. The van der Waals surface area contributed by atoms with Crippen molar-refractivity contribution in [1.82, 2.24) is 4.98 Å². The first-order valence-corrected chi connectivity index (χ1v) is 7.61. The van der Waals surface area contributed by atoms with Crippen LogP contribution in [0.25, 0.3) is 0 Å². The highest BCUT2D eigenvalue weighted by Gasteiger charge is 2.15. The summed E-state index contributed by atoms with van der Waals surface area (Å²) in [7, 11) is 0.